The van der Waals surface area contributed by atoms with Crippen LogP contribution in [-0.4, -0.2) is 177 Å². The van der Waals surface area contributed by atoms with E-state index in [2.05, 4.69) is 41.6 Å². The quantitative estimate of drug-likeness (QED) is 0.0466. The molecule has 2 aromatic rings. The molecule has 6 rings (SSSR count). The topological polar surface area (TPSA) is 409 Å². The number of aromatic nitrogens is 1. The van der Waals surface area contributed by atoms with Gasteiger partial charge in [-0.1, -0.05) is 38.7 Å². The Morgan fingerprint density at radius 1 is 0.887 bits per heavy atom. The number of fused-ring (bicyclic) bond motifs is 5. The number of Topliss-reactive ketones (excluding diaryl/α,β-unsaturated/α-hetero) is 3. The zero-order valence-corrected chi connectivity index (χ0v) is 46.3. The number of H-pyrrole nitrogens is 1. The number of nitrogens with two attached hydrogens (primary N) is 1. The predicted molar refractivity (Wildman–Crippen MR) is 291 cm³/mol. The molecule has 1 aromatic heterocycles. The molecule has 0 spiro atoms. The van der Waals surface area contributed by atoms with Gasteiger partial charge < -0.3 is 67.5 Å². The molecule has 0 unspecified atom stereocenters. The van der Waals surface area contributed by atoms with E-state index in [0.717, 1.165) is 23.1 Å². The summed E-state index contributed by atoms with van der Waals surface area (Å²) in [6, 6.07) is -2.71. The Kier molecular flexibility index (Phi) is 22.7. The van der Waals surface area contributed by atoms with Crippen LogP contribution < -0.4 is 37.2 Å². The molecule has 26 nitrogen and oxygen atoms in total. The van der Waals surface area contributed by atoms with Gasteiger partial charge in [0.25, 0.3) is 0 Å². The molecule has 2 fully saturated rings. The molecule has 5 heterocycles. The summed E-state index contributed by atoms with van der Waals surface area (Å²) in [4.78, 5) is 149. The van der Waals surface area contributed by atoms with Gasteiger partial charge in [0, 0.05) is 92.6 Å². The van der Waals surface area contributed by atoms with E-state index < -0.39 is 158 Å². The number of amides is 7. The van der Waals surface area contributed by atoms with Crippen molar-refractivity contribution in [3.8, 4) is 5.75 Å². The molecular formula is C53H76N12O14S. The zero-order chi connectivity index (χ0) is 58.4. The summed E-state index contributed by atoms with van der Waals surface area (Å²) in [6.45, 7) is 3.44. The Balaban J connectivity index is 1.48. The fraction of sp³-hybridized carbons (Fsp3) is 0.660. The van der Waals surface area contributed by atoms with Gasteiger partial charge in [0.2, 0.25) is 41.4 Å². The van der Waals surface area contributed by atoms with Crippen LogP contribution >= 0.6 is 11.8 Å². The number of piperidine rings is 1. The van der Waals surface area contributed by atoms with Crippen molar-refractivity contribution in [1.29, 1.82) is 0 Å². The number of hydrogen-bond acceptors (Lipinski definition) is 17. The third-order valence-corrected chi connectivity index (χ3v) is 17.0. The second-order valence-corrected chi connectivity index (χ2v) is 22.7. The number of primary amides is 1. The lowest BCUT2D eigenvalue weighted by molar-refractivity contribution is -0.145. The number of aliphatic hydroxyl groups is 3. The van der Waals surface area contributed by atoms with Crippen molar-refractivity contribution < 1.29 is 68.4 Å². The van der Waals surface area contributed by atoms with Crippen molar-refractivity contribution >= 4 is 87.1 Å². The number of rotatable bonds is 16. The van der Waals surface area contributed by atoms with E-state index in [-0.39, 0.29) is 36.0 Å². The van der Waals surface area contributed by atoms with E-state index in [4.69, 9.17) is 11.3 Å². The highest BCUT2D eigenvalue weighted by Crippen LogP contribution is 2.43. The number of thioether (sulfide) groups is 1. The normalized spacial score (nSPS) is 25.7. The van der Waals surface area contributed by atoms with Crippen LogP contribution in [0.15, 0.2) is 22.3 Å². The molecule has 7 amide bonds. The minimum absolute atomic E-state index is 0.0664. The van der Waals surface area contributed by atoms with Gasteiger partial charge in [-0.15, -0.1) is 11.8 Å². The van der Waals surface area contributed by atoms with Crippen LogP contribution in [0, 0.1) is 29.6 Å². The van der Waals surface area contributed by atoms with Gasteiger partial charge in [-0.05, 0) is 67.2 Å². The SMILES string of the molecule is CC[C@H](C)[C@@H]1NC(=O)CNC(=O)[C@@H]2CC(=O)[C@H]([C@@H](C)[C@@H](O)CO)NC(=O)[C@@H]3C[C@@H](O)CN3C(=O)[C@H](CC(N)=O)CC(=O)[C@H](CSc3[nH]c4c(N5CCC(CC(=O)CCCCCN=[N+]=[N-])CC5)c(O)ccc4c3C2)NC(=O)CNC1=O. The number of nitrogens with one attached hydrogen (secondary N) is 6. The van der Waals surface area contributed by atoms with Gasteiger partial charge in [0.05, 0.1) is 60.4 Å². The first-order valence-electron chi connectivity index (χ1n) is 27.5. The van der Waals surface area contributed by atoms with E-state index in [1.807, 2.05) is 4.90 Å². The van der Waals surface area contributed by atoms with Crippen molar-refractivity contribution in [3.05, 3.63) is 28.1 Å². The second-order valence-electron chi connectivity index (χ2n) is 21.6. The van der Waals surface area contributed by atoms with Gasteiger partial charge in [0.15, 0.2) is 11.6 Å². The molecule has 27 heteroatoms. The molecule has 2 saturated heterocycles. The molecular weight excluding hydrogens is 1060 g/mol. The highest BCUT2D eigenvalue weighted by Gasteiger charge is 2.45. The van der Waals surface area contributed by atoms with Gasteiger partial charge in [-0.25, -0.2) is 0 Å². The standard InChI is InChI=1S/C53H76N12O14S/c1-4-27(2)45-51(78)57-22-43(74)59-36-26-80-52-35(34-9-10-38(69)48(47(34)62-52)64-14-11-29(12-15-64)16-32(67)8-6-5-7-13-58-63-55)17-30(49(76)56-23-44(75)60-45)18-40(71)46(28(3)41(72)25-66)61-50(77)37-21-33(68)24-65(37)53(79)31(19-39(36)70)20-42(54)73/h9-10,27-31,33,36-37,41,45-46,62,66,68-69,72H,4-8,11-26H2,1-3H3,(H2,54,73)(H,56,76)(H,57,78)(H,59,74)(H,60,75)(H,61,77)/t27-,28-,30-,31-,33+,36-,37-,41-,45-,46-/m0/s1. The number of hydrogen-bond donors (Lipinski definition) is 11. The lowest BCUT2D eigenvalue weighted by atomic mass is 9.85. The number of nitrogens with zero attached hydrogens (tertiary/aromatic N) is 5. The maximum atomic E-state index is 14.9. The smallest absolute Gasteiger partial charge is 0.243 e. The van der Waals surface area contributed by atoms with Crippen LogP contribution in [-0.2, 0) is 54.4 Å². The van der Waals surface area contributed by atoms with E-state index in [1.165, 1.54) is 13.0 Å². The molecule has 1 aromatic carbocycles. The molecule has 4 aliphatic rings. The van der Waals surface area contributed by atoms with Crippen molar-refractivity contribution in [1.82, 2.24) is 36.5 Å². The highest BCUT2D eigenvalue weighted by atomic mass is 32.2. The van der Waals surface area contributed by atoms with Gasteiger partial charge in [0.1, 0.15) is 29.3 Å². The molecule has 0 saturated carbocycles. The van der Waals surface area contributed by atoms with Crippen LogP contribution in [0.5, 0.6) is 5.75 Å². The Morgan fingerprint density at radius 3 is 2.26 bits per heavy atom. The maximum absolute atomic E-state index is 14.9. The van der Waals surface area contributed by atoms with E-state index in [0.29, 0.717) is 91.8 Å². The van der Waals surface area contributed by atoms with E-state index >= 15 is 0 Å². The Bertz CT molecular complexity index is 2690. The number of carbonyl (C=O) groups is 10. The minimum Gasteiger partial charge on any atom is -0.506 e. The summed E-state index contributed by atoms with van der Waals surface area (Å²) in [5.74, 6) is -12.5. The lowest BCUT2D eigenvalue weighted by Crippen LogP contribution is -2.56. The van der Waals surface area contributed by atoms with Gasteiger partial charge in [-0.3, -0.25) is 47.9 Å². The molecule has 0 radical (unpaired) electrons. The van der Waals surface area contributed by atoms with Crippen molar-refractivity contribution in [2.75, 3.05) is 56.5 Å². The molecule has 0 aliphatic carbocycles. The number of phenols is 1. The number of phenolic OH excluding ortho intramolecular Hbond substituents is 1. The number of aromatic hydroxyl groups is 1. The number of azide groups is 1. The zero-order valence-electron chi connectivity index (χ0n) is 45.4. The van der Waals surface area contributed by atoms with Crippen LogP contribution in [0.25, 0.3) is 21.3 Å². The largest absolute Gasteiger partial charge is 0.506 e. The van der Waals surface area contributed by atoms with Crippen LogP contribution in [0.3, 0.4) is 0 Å². The molecule has 12 N–H and O–H groups in total. The average molecular weight is 1140 g/mol. The highest BCUT2D eigenvalue weighted by molar-refractivity contribution is 7.99. The predicted octanol–water partition coefficient (Wildman–Crippen LogP) is 0.292. The van der Waals surface area contributed by atoms with Crippen molar-refractivity contribution in [3.63, 3.8) is 0 Å². The summed E-state index contributed by atoms with van der Waals surface area (Å²) in [5.41, 5.74) is 15.3. The van der Waals surface area contributed by atoms with E-state index in [9.17, 15) is 68.4 Å². The number of carbonyl (C=O) groups excluding carboxylic acids is 10. The Morgan fingerprint density at radius 2 is 1.59 bits per heavy atom. The molecule has 80 heavy (non-hydrogen) atoms. The number of aliphatic hydroxyl groups excluding tert-OH is 3. The third-order valence-electron chi connectivity index (χ3n) is 15.8. The monoisotopic (exact) mass is 1140 g/mol. The molecule has 10 atom stereocenters. The first-order valence-corrected chi connectivity index (χ1v) is 28.4. The van der Waals surface area contributed by atoms with Crippen molar-refractivity contribution in [2.24, 2.45) is 40.4 Å². The first-order chi connectivity index (χ1) is 38.1. The Hall–Kier alpha value is -6.80. The second kappa shape index (κ2) is 29.1. The van der Waals surface area contributed by atoms with Crippen LogP contribution in [0.4, 0.5) is 5.69 Å². The maximum Gasteiger partial charge on any atom is 0.243 e. The fourth-order valence-electron chi connectivity index (χ4n) is 11.0. The first kappa shape index (κ1) is 62.4. The van der Waals surface area contributed by atoms with Crippen LogP contribution in [0.1, 0.15) is 103 Å². The summed E-state index contributed by atoms with van der Waals surface area (Å²) in [6.07, 6.45) is -1.09. The number of aromatic amines is 1. The van der Waals surface area contributed by atoms with E-state index in [1.54, 1.807) is 19.9 Å². The molecule has 4 aliphatic heterocycles. The third kappa shape index (κ3) is 16.2. The number of anilines is 1. The number of unbranched alkanes of at least 4 members (excludes halogenated alkanes) is 2. The fourth-order valence-corrected chi connectivity index (χ4v) is 12.1. The van der Waals surface area contributed by atoms with Gasteiger partial charge in [-0.2, -0.15) is 0 Å². The lowest BCUT2D eigenvalue weighted by Gasteiger charge is -2.34. The average Bonchev–Trinajstić information content (AvgIpc) is 4.05. The summed E-state index contributed by atoms with van der Waals surface area (Å²) in [7, 11) is 0. The Labute approximate surface area is 466 Å². The molecule has 438 valence electrons. The number of ketones is 3. The summed E-state index contributed by atoms with van der Waals surface area (Å²) >= 11 is 1.01. The summed E-state index contributed by atoms with van der Waals surface area (Å²) < 4.78 is 0. The van der Waals surface area contributed by atoms with Crippen LogP contribution in [0.2, 0.25) is 0 Å². The van der Waals surface area contributed by atoms with Gasteiger partial charge >= 0.3 is 0 Å². The number of benzene rings is 1. The molecule has 2 bridgehead atoms. The summed E-state index contributed by atoms with van der Waals surface area (Å²) in [5, 5.41) is 60.9. The van der Waals surface area contributed by atoms with Crippen molar-refractivity contribution in [2.45, 2.75) is 146 Å². The minimum atomic E-state index is -1.64.